The van der Waals surface area contributed by atoms with Gasteiger partial charge >= 0.3 is 0 Å². The van der Waals surface area contributed by atoms with Crippen LogP contribution in [0.3, 0.4) is 0 Å². The fourth-order valence-corrected chi connectivity index (χ4v) is 4.87. The first-order chi connectivity index (χ1) is 21.3. The van der Waals surface area contributed by atoms with Crippen LogP contribution in [0.5, 0.6) is 17.2 Å². The molecule has 0 aliphatic carbocycles. The number of ether oxygens (including phenoxy) is 2. The van der Waals surface area contributed by atoms with Crippen LogP contribution in [0.1, 0.15) is 29.2 Å². The number of imidazole rings is 1. The first-order valence-electron chi connectivity index (χ1n) is 14.0. The van der Waals surface area contributed by atoms with Crippen molar-refractivity contribution >= 4 is 34.5 Å². The Balaban J connectivity index is 1.58. The van der Waals surface area contributed by atoms with E-state index >= 15 is 0 Å². The Hall–Kier alpha value is -5.84. The molecule has 0 saturated carbocycles. The summed E-state index contributed by atoms with van der Waals surface area (Å²) >= 11 is 0. The van der Waals surface area contributed by atoms with Gasteiger partial charge < -0.3 is 36.6 Å². The zero-order valence-corrected chi connectivity index (χ0v) is 24.1. The Morgan fingerprint density at radius 1 is 0.909 bits per heavy atom. The molecule has 0 saturated heterocycles. The van der Waals surface area contributed by atoms with Crippen LogP contribution in [0.25, 0.3) is 22.4 Å². The van der Waals surface area contributed by atoms with E-state index in [2.05, 4.69) is 10.3 Å². The second-order valence-corrected chi connectivity index (χ2v) is 9.97. The minimum Gasteiger partial charge on any atom is -0.497 e. The molecule has 5 aromatic rings. The molecule has 0 fully saturated rings. The third-order valence-corrected chi connectivity index (χ3v) is 6.97. The molecule has 5 rings (SSSR count). The van der Waals surface area contributed by atoms with Crippen LogP contribution in [-0.2, 0) is 4.79 Å². The fourth-order valence-electron chi connectivity index (χ4n) is 4.87. The van der Waals surface area contributed by atoms with Crippen molar-refractivity contribution in [1.82, 2.24) is 9.55 Å². The molecule has 1 heterocycles. The fraction of sp³-hybridized carbons (Fsp3) is 0.152. The molecule has 1 atom stereocenters. The maximum Gasteiger partial charge on any atom is 0.255 e. The molecule has 0 radical (unpaired) electrons. The van der Waals surface area contributed by atoms with Crippen molar-refractivity contribution in [2.45, 2.75) is 18.9 Å². The molecule has 0 spiro atoms. The third kappa shape index (κ3) is 6.79. The predicted octanol–water partition coefficient (Wildman–Crippen LogP) is 4.84. The SMILES string of the molecule is COc1ccc(NC(=O)c2ccc3c(c2)nc(-c2ccccc2Oc2ccccc2)n3[C@H](CCCN=C(N)N)C(N)=O)cc1. The number of guanidine groups is 1. The number of benzene rings is 4. The Morgan fingerprint density at radius 2 is 1.64 bits per heavy atom. The monoisotopic (exact) mass is 591 g/mol. The van der Waals surface area contributed by atoms with Gasteiger partial charge in [-0.3, -0.25) is 14.6 Å². The van der Waals surface area contributed by atoms with E-state index in [0.717, 1.165) is 0 Å². The summed E-state index contributed by atoms with van der Waals surface area (Å²) in [6, 6.07) is 28.2. The number of rotatable bonds is 12. The minimum atomic E-state index is -0.784. The van der Waals surface area contributed by atoms with Gasteiger partial charge in [0.1, 0.15) is 29.1 Å². The highest BCUT2D eigenvalue weighted by Crippen LogP contribution is 2.37. The van der Waals surface area contributed by atoms with Gasteiger partial charge in [0.05, 0.1) is 23.7 Å². The number of methoxy groups -OCH3 is 1. The molecule has 0 bridgehead atoms. The van der Waals surface area contributed by atoms with Gasteiger partial charge in [-0.2, -0.15) is 0 Å². The number of para-hydroxylation sites is 2. The van der Waals surface area contributed by atoms with Gasteiger partial charge in [0.2, 0.25) is 5.91 Å². The smallest absolute Gasteiger partial charge is 0.255 e. The molecule has 224 valence electrons. The lowest BCUT2D eigenvalue weighted by atomic mass is 10.1. The van der Waals surface area contributed by atoms with Gasteiger partial charge in [-0.15, -0.1) is 0 Å². The molecule has 11 heteroatoms. The van der Waals surface area contributed by atoms with E-state index in [1.807, 2.05) is 54.6 Å². The van der Waals surface area contributed by atoms with Gasteiger partial charge in [-0.1, -0.05) is 30.3 Å². The zero-order chi connectivity index (χ0) is 31.1. The Morgan fingerprint density at radius 3 is 2.34 bits per heavy atom. The molecule has 0 aliphatic heterocycles. The van der Waals surface area contributed by atoms with E-state index in [9.17, 15) is 9.59 Å². The highest BCUT2D eigenvalue weighted by atomic mass is 16.5. The van der Waals surface area contributed by atoms with Gasteiger partial charge in [0.15, 0.2) is 5.96 Å². The van der Waals surface area contributed by atoms with Crippen molar-refractivity contribution < 1.29 is 19.1 Å². The summed E-state index contributed by atoms with van der Waals surface area (Å²) < 4.78 is 13.2. The average molecular weight is 592 g/mol. The number of amides is 2. The summed E-state index contributed by atoms with van der Waals surface area (Å²) in [5.41, 5.74) is 19.7. The second-order valence-electron chi connectivity index (χ2n) is 9.97. The molecule has 11 nitrogen and oxygen atoms in total. The highest BCUT2D eigenvalue weighted by Gasteiger charge is 2.26. The maximum atomic E-state index is 13.2. The molecule has 0 aliphatic rings. The lowest BCUT2D eigenvalue weighted by Gasteiger charge is -2.20. The number of aromatic nitrogens is 2. The molecular formula is C33H33N7O4. The molecular weight excluding hydrogens is 558 g/mol. The second kappa shape index (κ2) is 13.4. The number of nitrogens with one attached hydrogen (secondary N) is 1. The van der Waals surface area contributed by atoms with Gasteiger partial charge in [0, 0.05) is 17.8 Å². The average Bonchev–Trinajstić information content (AvgIpc) is 3.40. The van der Waals surface area contributed by atoms with Crippen LogP contribution in [0.4, 0.5) is 5.69 Å². The van der Waals surface area contributed by atoms with Crippen molar-refractivity contribution in [3.63, 3.8) is 0 Å². The van der Waals surface area contributed by atoms with E-state index in [4.69, 9.17) is 31.7 Å². The Kier molecular flexibility index (Phi) is 9.05. The molecule has 44 heavy (non-hydrogen) atoms. The van der Waals surface area contributed by atoms with Crippen molar-refractivity contribution in [3.05, 3.63) is 103 Å². The van der Waals surface area contributed by atoms with Gasteiger partial charge in [-0.05, 0) is 79.6 Å². The van der Waals surface area contributed by atoms with Crippen molar-refractivity contribution in [2.75, 3.05) is 19.0 Å². The van der Waals surface area contributed by atoms with Crippen LogP contribution >= 0.6 is 0 Å². The summed E-state index contributed by atoms with van der Waals surface area (Å²) in [7, 11) is 1.58. The van der Waals surface area contributed by atoms with Gasteiger partial charge in [0.25, 0.3) is 5.91 Å². The molecule has 7 N–H and O–H groups in total. The number of hydrogen-bond donors (Lipinski definition) is 4. The van der Waals surface area contributed by atoms with E-state index in [0.29, 0.717) is 70.3 Å². The van der Waals surface area contributed by atoms with Crippen LogP contribution in [0.2, 0.25) is 0 Å². The van der Waals surface area contributed by atoms with Crippen LogP contribution in [-0.4, -0.2) is 41.0 Å². The molecule has 4 aromatic carbocycles. The van der Waals surface area contributed by atoms with E-state index < -0.39 is 11.9 Å². The lowest BCUT2D eigenvalue weighted by molar-refractivity contribution is -0.121. The predicted molar refractivity (Wildman–Crippen MR) is 171 cm³/mol. The minimum absolute atomic E-state index is 0.0261. The number of fused-ring (bicyclic) bond motifs is 1. The topological polar surface area (TPSA) is 173 Å². The number of nitrogens with two attached hydrogens (primary N) is 3. The normalized spacial score (nSPS) is 11.5. The number of aliphatic imine (C=N–C) groups is 1. The van der Waals surface area contributed by atoms with E-state index in [1.165, 1.54) is 0 Å². The van der Waals surface area contributed by atoms with Crippen molar-refractivity contribution in [1.29, 1.82) is 0 Å². The summed E-state index contributed by atoms with van der Waals surface area (Å²) in [6.07, 6.45) is 0.848. The number of nitrogens with zero attached hydrogens (tertiary/aromatic N) is 3. The lowest BCUT2D eigenvalue weighted by Crippen LogP contribution is -2.27. The Labute approximate surface area is 254 Å². The summed E-state index contributed by atoms with van der Waals surface area (Å²) in [4.78, 5) is 35.1. The number of anilines is 1. The molecule has 1 aromatic heterocycles. The number of carbonyl (C=O) groups excluding carboxylic acids is 2. The van der Waals surface area contributed by atoms with Crippen molar-refractivity contribution in [3.8, 4) is 28.6 Å². The van der Waals surface area contributed by atoms with Crippen molar-refractivity contribution in [2.24, 2.45) is 22.2 Å². The summed E-state index contributed by atoms with van der Waals surface area (Å²) in [6.45, 7) is 0.331. The third-order valence-electron chi connectivity index (χ3n) is 6.97. The van der Waals surface area contributed by atoms with E-state index in [-0.39, 0.29) is 11.9 Å². The summed E-state index contributed by atoms with van der Waals surface area (Å²) in [5.74, 6) is 1.44. The maximum absolute atomic E-state index is 13.2. The first-order valence-corrected chi connectivity index (χ1v) is 14.0. The quantitative estimate of drug-likeness (QED) is 0.0913. The molecule has 0 unspecified atom stereocenters. The van der Waals surface area contributed by atoms with Crippen LogP contribution in [0.15, 0.2) is 102 Å². The zero-order valence-electron chi connectivity index (χ0n) is 24.1. The first kappa shape index (κ1) is 29.6. The number of hydrogen-bond acceptors (Lipinski definition) is 6. The van der Waals surface area contributed by atoms with Gasteiger partial charge in [-0.25, -0.2) is 4.98 Å². The highest BCUT2D eigenvalue weighted by molar-refractivity contribution is 6.06. The standard InChI is InChI=1S/C33H33N7O4/c1-43-23-16-14-22(15-17-23)38-32(42)21-13-18-27-26(20-21)39-31(40(27)28(30(34)41)11-7-19-37-33(35)36)25-10-5-6-12-29(25)44-24-8-3-2-4-9-24/h2-6,8-10,12-18,20,28H,7,11,19H2,1H3,(H2,34,41)(H,38,42)(H4,35,36,37)/t28-/m1/s1. The molecule has 2 amide bonds. The Bertz CT molecular complexity index is 1800. The van der Waals surface area contributed by atoms with Crippen LogP contribution < -0.4 is 32.0 Å². The largest absolute Gasteiger partial charge is 0.497 e. The van der Waals surface area contributed by atoms with E-state index in [1.54, 1.807) is 54.1 Å². The van der Waals surface area contributed by atoms with Crippen LogP contribution in [0, 0.1) is 0 Å². The summed E-state index contributed by atoms with van der Waals surface area (Å²) in [5, 5.41) is 2.89. The number of primary amides is 1. The number of carbonyl (C=O) groups is 2.